The van der Waals surface area contributed by atoms with Crippen LogP contribution in [-0.2, 0) is 13.0 Å². The van der Waals surface area contributed by atoms with E-state index in [1.165, 1.54) is 51.6 Å². The Balaban J connectivity index is 1.45. The Bertz CT molecular complexity index is 1240. The molecular weight excluding hydrogens is 384 g/mol. The monoisotopic (exact) mass is 410 g/mol. The number of nitrogens with zero attached hydrogens (tertiary/aromatic N) is 4. The topological polar surface area (TPSA) is 69.7 Å². The van der Waals surface area contributed by atoms with E-state index in [0.29, 0.717) is 6.04 Å². The highest BCUT2D eigenvalue weighted by atomic mass is 15.2. The Morgan fingerprint density at radius 3 is 2.94 bits per heavy atom. The Kier molecular flexibility index (Phi) is 4.46. The van der Waals surface area contributed by atoms with Crippen molar-refractivity contribution in [3.63, 3.8) is 0 Å². The average Bonchev–Trinajstić information content (AvgIpc) is 3.49. The third-order valence-corrected chi connectivity index (χ3v) is 6.77. The van der Waals surface area contributed by atoms with Gasteiger partial charge >= 0.3 is 0 Å². The standard InChI is InChI=1S/C25H26N6/c1-16-12-28-25-20(16)11-19(13-29-25)18-9-17-5-8-31(24-4-7-26-15-30-24)14-22(17)21(10-18)23-3-2-6-27-23/h4,7,9-13,15,23,27H,2-3,5-6,8,14H2,1H3,(H,28,29)/t23-/m0/s1. The first-order chi connectivity index (χ1) is 15.3. The van der Waals surface area contributed by atoms with Crippen LogP contribution in [0.2, 0.25) is 0 Å². The van der Waals surface area contributed by atoms with Crippen LogP contribution < -0.4 is 10.2 Å². The molecule has 2 aliphatic rings. The van der Waals surface area contributed by atoms with Crippen LogP contribution in [0.5, 0.6) is 0 Å². The van der Waals surface area contributed by atoms with Crippen LogP contribution in [-0.4, -0.2) is 33.0 Å². The van der Waals surface area contributed by atoms with E-state index in [0.717, 1.165) is 37.5 Å². The highest BCUT2D eigenvalue weighted by Gasteiger charge is 2.26. The van der Waals surface area contributed by atoms with Crippen LogP contribution in [0.4, 0.5) is 5.82 Å². The van der Waals surface area contributed by atoms with Gasteiger partial charge in [-0.1, -0.05) is 6.07 Å². The van der Waals surface area contributed by atoms with E-state index < -0.39 is 0 Å². The maximum atomic E-state index is 4.68. The number of nitrogens with one attached hydrogen (secondary N) is 2. The number of rotatable bonds is 3. The molecule has 2 aliphatic heterocycles. The van der Waals surface area contributed by atoms with E-state index in [9.17, 15) is 0 Å². The van der Waals surface area contributed by atoms with E-state index in [-0.39, 0.29) is 0 Å². The lowest BCUT2D eigenvalue weighted by Crippen LogP contribution is -2.32. The Labute approximate surface area is 181 Å². The fourth-order valence-corrected chi connectivity index (χ4v) is 5.08. The van der Waals surface area contributed by atoms with Crippen LogP contribution in [0.1, 0.15) is 41.1 Å². The zero-order valence-corrected chi connectivity index (χ0v) is 17.7. The Morgan fingerprint density at radius 2 is 2.10 bits per heavy atom. The van der Waals surface area contributed by atoms with Crippen molar-refractivity contribution in [2.45, 2.75) is 38.8 Å². The number of H-pyrrole nitrogens is 1. The van der Waals surface area contributed by atoms with Gasteiger partial charge in [-0.05, 0) is 78.7 Å². The summed E-state index contributed by atoms with van der Waals surface area (Å²) in [6, 6.07) is 9.49. The normalized spacial score (nSPS) is 18.5. The van der Waals surface area contributed by atoms with Gasteiger partial charge in [0.05, 0.1) is 0 Å². The largest absolute Gasteiger partial charge is 0.352 e. The van der Waals surface area contributed by atoms with Gasteiger partial charge in [0.25, 0.3) is 0 Å². The van der Waals surface area contributed by atoms with E-state index >= 15 is 0 Å². The number of fused-ring (bicyclic) bond motifs is 2. The van der Waals surface area contributed by atoms with Gasteiger partial charge in [-0.15, -0.1) is 0 Å². The van der Waals surface area contributed by atoms with Crippen molar-refractivity contribution in [2.75, 3.05) is 18.0 Å². The van der Waals surface area contributed by atoms with Crippen molar-refractivity contribution in [1.29, 1.82) is 0 Å². The molecule has 0 amide bonds. The summed E-state index contributed by atoms with van der Waals surface area (Å²) >= 11 is 0. The molecular formula is C25H26N6. The summed E-state index contributed by atoms with van der Waals surface area (Å²) in [5.74, 6) is 1.01. The van der Waals surface area contributed by atoms with Gasteiger partial charge in [-0.3, -0.25) is 0 Å². The van der Waals surface area contributed by atoms with Crippen molar-refractivity contribution in [3.8, 4) is 11.1 Å². The van der Waals surface area contributed by atoms with Crippen LogP contribution in [0.3, 0.4) is 0 Å². The first kappa shape index (κ1) is 18.5. The van der Waals surface area contributed by atoms with E-state index in [1.807, 2.05) is 24.7 Å². The third kappa shape index (κ3) is 3.27. The van der Waals surface area contributed by atoms with E-state index in [4.69, 9.17) is 0 Å². The molecule has 5 heterocycles. The SMILES string of the molecule is Cc1c[nH]c2ncc(-c3cc4c(c([C@@H]5CCCN5)c3)CN(c3ccncn3)CC4)cc12. The summed E-state index contributed by atoms with van der Waals surface area (Å²) in [7, 11) is 0. The molecule has 0 aliphatic carbocycles. The number of aromatic amines is 1. The van der Waals surface area contributed by atoms with E-state index in [1.54, 1.807) is 6.33 Å². The van der Waals surface area contributed by atoms with Crippen LogP contribution in [0.15, 0.2) is 49.2 Å². The molecule has 0 bridgehead atoms. The molecule has 1 saturated heterocycles. The Morgan fingerprint density at radius 1 is 1.13 bits per heavy atom. The Hall–Kier alpha value is -3.25. The number of benzene rings is 1. The molecule has 0 unspecified atom stereocenters. The molecule has 1 fully saturated rings. The van der Waals surface area contributed by atoms with Gasteiger partial charge in [0.2, 0.25) is 0 Å². The van der Waals surface area contributed by atoms with Crippen molar-refractivity contribution in [2.24, 2.45) is 0 Å². The third-order valence-electron chi connectivity index (χ3n) is 6.77. The number of aromatic nitrogens is 4. The maximum absolute atomic E-state index is 4.68. The molecule has 0 radical (unpaired) electrons. The second kappa shape index (κ2) is 7.46. The summed E-state index contributed by atoms with van der Waals surface area (Å²) in [6.45, 7) is 5.09. The van der Waals surface area contributed by atoms with Gasteiger partial charge in [-0.25, -0.2) is 15.0 Å². The number of pyridine rings is 1. The minimum absolute atomic E-state index is 0.421. The summed E-state index contributed by atoms with van der Waals surface area (Å²) in [4.78, 5) is 18.9. The van der Waals surface area contributed by atoms with Crippen molar-refractivity contribution < 1.29 is 0 Å². The molecule has 0 saturated carbocycles. The van der Waals surface area contributed by atoms with Crippen LogP contribution >= 0.6 is 0 Å². The first-order valence-corrected chi connectivity index (χ1v) is 11.1. The summed E-state index contributed by atoms with van der Waals surface area (Å²) in [5.41, 5.74) is 9.01. The highest BCUT2D eigenvalue weighted by Crippen LogP contribution is 2.36. The maximum Gasteiger partial charge on any atom is 0.137 e. The smallest absolute Gasteiger partial charge is 0.137 e. The molecule has 6 rings (SSSR count). The number of anilines is 1. The summed E-state index contributed by atoms with van der Waals surface area (Å²) < 4.78 is 0. The second-order valence-electron chi connectivity index (χ2n) is 8.68. The molecule has 0 spiro atoms. The predicted molar refractivity (Wildman–Crippen MR) is 123 cm³/mol. The molecule has 6 heteroatoms. The molecule has 1 aromatic carbocycles. The van der Waals surface area contributed by atoms with E-state index in [2.05, 4.69) is 55.3 Å². The summed E-state index contributed by atoms with van der Waals surface area (Å²) in [6.07, 6.45) is 10.9. The fourth-order valence-electron chi connectivity index (χ4n) is 5.08. The van der Waals surface area contributed by atoms with Crippen LogP contribution in [0.25, 0.3) is 22.2 Å². The number of hydrogen-bond acceptors (Lipinski definition) is 5. The minimum Gasteiger partial charge on any atom is -0.352 e. The van der Waals surface area contributed by atoms with Gasteiger partial charge in [-0.2, -0.15) is 0 Å². The fraction of sp³-hybridized carbons (Fsp3) is 0.320. The molecule has 1 atom stereocenters. The lowest BCUT2D eigenvalue weighted by molar-refractivity contribution is 0.624. The zero-order chi connectivity index (χ0) is 20.8. The number of hydrogen-bond donors (Lipinski definition) is 2. The van der Waals surface area contributed by atoms with Gasteiger partial charge in [0.1, 0.15) is 17.8 Å². The van der Waals surface area contributed by atoms with Gasteiger partial charge in [0, 0.05) is 48.7 Å². The first-order valence-electron chi connectivity index (χ1n) is 11.1. The molecule has 3 aromatic heterocycles. The lowest BCUT2D eigenvalue weighted by Gasteiger charge is -2.33. The molecule has 4 aromatic rings. The van der Waals surface area contributed by atoms with Crippen molar-refractivity contribution in [1.82, 2.24) is 25.3 Å². The van der Waals surface area contributed by atoms with Crippen molar-refractivity contribution >= 4 is 16.9 Å². The molecule has 31 heavy (non-hydrogen) atoms. The van der Waals surface area contributed by atoms with Crippen LogP contribution in [0, 0.1) is 6.92 Å². The lowest BCUT2D eigenvalue weighted by atomic mass is 9.87. The predicted octanol–water partition coefficient (Wildman–Crippen LogP) is 4.32. The summed E-state index contributed by atoms with van der Waals surface area (Å²) in [5, 5.41) is 4.93. The molecule has 156 valence electrons. The zero-order valence-electron chi connectivity index (χ0n) is 17.7. The number of aryl methyl sites for hydroxylation is 1. The molecule has 6 nitrogen and oxygen atoms in total. The van der Waals surface area contributed by atoms with Crippen molar-refractivity contribution in [3.05, 3.63) is 71.4 Å². The highest BCUT2D eigenvalue weighted by molar-refractivity contribution is 5.84. The van der Waals surface area contributed by atoms with Gasteiger partial charge < -0.3 is 15.2 Å². The second-order valence-corrected chi connectivity index (χ2v) is 8.68. The van der Waals surface area contributed by atoms with Gasteiger partial charge in [0.15, 0.2) is 0 Å². The minimum atomic E-state index is 0.421. The average molecular weight is 411 g/mol. The molecule has 2 N–H and O–H groups in total. The quantitative estimate of drug-likeness (QED) is 0.527.